The van der Waals surface area contributed by atoms with Gasteiger partial charge in [0.25, 0.3) is 0 Å². The summed E-state index contributed by atoms with van der Waals surface area (Å²) in [7, 11) is 0. The first kappa shape index (κ1) is 20.1. The first-order valence-corrected chi connectivity index (χ1v) is 6.82. The first-order valence-electron chi connectivity index (χ1n) is 6.82. The molecule has 1 N–H and O–H groups in total. The van der Waals surface area contributed by atoms with Crippen LogP contribution in [0.25, 0.3) is 0 Å². The van der Waals surface area contributed by atoms with Crippen molar-refractivity contribution in [1.82, 2.24) is 0 Å². The lowest BCUT2D eigenvalue weighted by atomic mass is 9.78. The van der Waals surface area contributed by atoms with E-state index in [1.165, 1.54) is 0 Å². The maximum Gasteiger partial charge on any atom is 0.457 e. The normalized spacial score (nSPS) is 15.6. The summed E-state index contributed by atoms with van der Waals surface area (Å²) in [4.78, 5) is 0. The summed E-state index contributed by atoms with van der Waals surface area (Å²) in [6, 6.07) is 4.00. The van der Waals surface area contributed by atoms with Crippen LogP contribution in [0, 0.1) is 5.82 Å². The molecule has 26 heavy (non-hydrogen) atoms. The first-order chi connectivity index (χ1) is 11.7. The van der Waals surface area contributed by atoms with Gasteiger partial charge in [0.2, 0.25) is 0 Å². The predicted molar refractivity (Wildman–Crippen MR) is 71.8 cm³/mol. The molecule has 0 spiro atoms. The van der Waals surface area contributed by atoms with E-state index < -0.39 is 46.4 Å². The molecule has 0 saturated heterocycles. The van der Waals surface area contributed by atoms with Gasteiger partial charge in [-0.05, 0) is 23.8 Å². The minimum atomic E-state index is -6.42. The van der Waals surface area contributed by atoms with Gasteiger partial charge in [0.05, 0.1) is 5.56 Å². The van der Waals surface area contributed by atoms with Gasteiger partial charge in [-0.3, -0.25) is 0 Å². The van der Waals surface area contributed by atoms with Crippen LogP contribution in [0.15, 0.2) is 48.5 Å². The van der Waals surface area contributed by atoms with Crippen molar-refractivity contribution in [1.29, 1.82) is 0 Å². The number of aliphatic hydroxyl groups is 1. The highest BCUT2D eigenvalue weighted by molar-refractivity contribution is 5.45. The molecule has 0 aliphatic rings. The molecule has 10 heteroatoms. The number of halogens is 9. The van der Waals surface area contributed by atoms with Crippen LogP contribution in [0.5, 0.6) is 0 Å². The lowest BCUT2D eigenvalue weighted by Gasteiger charge is -2.38. The van der Waals surface area contributed by atoms with Gasteiger partial charge in [-0.15, -0.1) is 0 Å². The highest BCUT2D eigenvalue weighted by Gasteiger charge is 2.72. The second-order valence-electron chi connectivity index (χ2n) is 5.34. The maximum absolute atomic E-state index is 14.2. The van der Waals surface area contributed by atoms with E-state index >= 15 is 0 Å². The van der Waals surface area contributed by atoms with Crippen molar-refractivity contribution in [2.24, 2.45) is 0 Å². The summed E-state index contributed by atoms with van der Waals surface area (Å²) < 4.78 is 120. The topological polar surface area (TPSA) is 20.2 Å². The van der Waals surface area contributed by atoms with E-state index in [2.05, 4.69) is 0 Å². The molecule has 2 rings (SSSR count). The van der Waals surface area contributed by atoms with Crippen LogP contribution in [0.2, 0.25) is 0 Å². The van der Waals surface area contributed by atoms with Crippen LogP contribution in [0.3, 0.4) is 0 Å². The molecule has 0 fully saturated rings. The van der Waals surface area contributed by atoms with Crippen molar-refractivity contribution in [3.8, 4) is 0 Å². The summed E-state index contributed by atoms with van der Waals surface area (Å²) >= 11 is 0. The highest BCUT2D eigenvalue weighted by atomic mass is 19.4. The minimum Gasteiger partial charge on any atom is -0.374 e. The van der Waals surface area contributed by atoms with Crippen LogP contribution in [0.1, 0.15) is 16.7 Å². The van der Waals surface area contributed by atoms with Crippen LogP contribution >= 0.6 is 0 Å². The maximum atomic E-state index is 14.2. The molecule has 0 aliphatic heterocycles. The zero-order valence-electron chi connectivity index (χ0n) is 12.5. The van der Waals surface area contributed by atoms with Crippen LogP contribution in [-0.2, 0) is 11.8 Å². The summed E-state index contributed by atoms with van der Waals surface area (Å²) in [6.45, 7) is 0. The van der Waals surface area contributed by atoms with Crippen molar-refractivity contribution >= 4 is 0 Å². The van der Waals surface area contributed by atoms with Gasteiger partial charge in [0.15, 0.2) is 5.60 Å². The molecule has 0 amide bonds. The second kappa shape index (κ2) is 6.19. The number of hydrogen-bond acceptors (Lipinski definition) is 1. The summed E-state index contributed by atoms with van der Waals surface area (Å²) in [5, 5.41) is 10.3. The fourth-order valence-electron chi connectivity index (χ4n) is 2.47. The Morgan fingerprint density at radius 3 is 1.69 bits per heavy atom. The zero-order chi connectivity index (χ0) is 20.0. The lowest BCUT2D eigenvalue weighted by Crippen LogP contribution is -2.56. The van der Waals surface area contributed by atoms with Crippen molar-refractivity contribution in [2.75, 3.05) is 0 Å². The molecule has 1 unspecified atom stereocenters. The average Bonchev–Trinajstić information content (AvgIpc) is 2.52. The predicted octanol–water partition coefficient (Wildman–Crippen LogP) is 5.28. The van der Waals surface area contributed by atoms with Crippen molar-refractivity contribution in [3.05, 3.63) is 71.0 Å². The molecular formula is C16H9F9O. The van der Waals surface area contributed by atoms with Crippen molar-refractivity contribution < 1.29 is 44.6 Å². The quantitative estimate of drug-likeness (QED) is 0.710. The molecule has 0 heterocycles. The van der Waals surface area contributed by atoms with Gasteiger partial charge in [-0.1, -0.05) is 30.3 Å². The van der Waals surface area contributed by atoms with E-state index in [-0.39, 0.29) is 18.2 Å². The Morgan fingerprint density at radius 1 is 0.692 bits per heavy atom. The monoisotopic (exact) mass is 388 g/mol. The van der Waals surface area contributed by atoms with Crippen LogP contribution in [0.4, 0.5) is 39.5 Å². The SMILES string of the molecule is OC(c1cccc(F)c1)(c1ccccc1C(F)(F)F)C(F)(F)C(F)(F)F. The Kier molecular flexibility index (Phi) is 4.78. The largest absolute Gasteiger partial charge is 0.457 e. The number of benzene rings is 2. The second-order valence-corrected chi connectivity index (χ2v) is 5.34. The van der Waals surface area contributed by atoms with E-state index in [1.807, 2.05) is 0 Å². The molecule has 0 aromatic heterocycles. The van der Waals surface area contributed by atoms with Crippen molar-refractivity contribution in [2.45, 2.75) is 23.9 Å². The van der Waals surface area contributed by atoms with Gasteiger partial charge in [0, 0.05) is 5.56 Å². The Labute approximate surface area is 140 Å². The van der Waals surface area contributed by atoms with E-state index in [0.717, 1.165) is 12.1 Å². The molecule has 1 nitrogen and oxygen atoms in total. The molecule has 2 aromatic carbocycles. The molecule has 0 aliphatic carbocycles. The van der Waals surface area contributed by atoms with Gasteiger partial charge < -0.3 is 5.11 Å². The van der Waals surface area contributed by atoms with Crippen LogP contribution in [-0.4, -0.2) is 17.2 Å². The van der Waals surface area contributed by atoms with E-state index in [0.29, 0.717) is 18.2 Å². The lowest BCUT2D eigenvalue weighted by molar-refractivity contribution is -0.337. The van der Waals surface area contributed by atoms with E-state index in [1.54, 1.807) is 0 Å². The molecule has 142 valence electrons. The molecular weight excluding hydrogens is 379 g/mol. The van der Waals surface area contributed by atoms with Gasteiger partial charge in [-0.25, -0.2) is 4.39 Å². The Hall–Kier alpha value is -2.23. The number of hydrogen-bond donors (Lipinski definition) is 1. The molecule has 1 atom stereocenters. The third-order valence-corrected chi connectivity index (χ3v) is 3.68. The molecule has 0 radical (unpaired) electrons. The van der Waals surface area contributed by atoms with Gasteiger partial charge in [0.1, 0.15) is 5.82 Å². The molecule has 2 aromatic rings. The third kappa shape index (κ3) is 3.13. The molecule has 0 bridgehead atoms. The number of alkyl halides is 8. The van der Waals surface area contributed by atoms with E-state index in [9.17, 15) is 44.6 Å². The van der Waals surface area contributed by atoms with Gasteiger partial charge in [-0.2, -0.15) is 35.1 Å². The van der Waals surface area contributed by atoms with Crippen molar-refractivity contribution in [3.63, 3.8) is 0 Å². The Bertz CT molecular complexity index is 795. The van der Waals surface area contributed by atoms with E-state index in [4.69, 9.17) is 0 Å². The standard InChI is InChI=1S/C16H9F9O/c17-10-5-3-4-9(8-10)13(26,15(21,22)16(23,24)25)11-6-1-2-7-12(11)14(18,19)20/h1-8,26H. The Balaban J connectivity index is 2.93. The summed E-state index contributed by atoms with van der Waals surface area (Å²) in [6.07, 6.45) is -11.8. The third-order valence-electron chi connectivity index (χ3n) is 3.68. The zero-order valence-corrected chi connectivity index (χ0v) is 12.5. The summed E-state index contributed by atoms with van der Waals surface area (Å²) in [5.74, 6) is -7.38. The highest BCUT2D eigenvalue weighted by Crippen LogP contribution is 2.53. The fourth-order valence-corrected chi connectivity index (χ4v) is 2.47. The summed E-state index contributed by atoms with van der Waals surface area (Å²) in [5.41, 5.74) is -9.55. The average molecular weight is 388 g/mol. The Morgan fingerprint density at radius 2 is 1.23 bits per heavy atom. The molecule has 0 saturated carbocycles. The minimum absolute atomic E-state index is 0.118. The fraction of sp³-hybridized carbons (Fsp3) is 0.250. The van der Waals surface area contributed by atoms with Crippen LogP contribution < -0.4 is 0 Å². The number of rotatable bonds is 3. The smallest absolute Gasteiger partial charge is 0.374 e. The van der Waals surface area contributed by atoms with Gasteiger partial charge >= 0.3 is 18.3 Å².